The summed E-state index contributed by atoms with van der Waals surface area (Å²) in [6, 6.07) is 14.9. The van der Waals surface area contributed by atoms with E-state index in [-0.39, 0.29) is 12.7 Å². The first-order chi connectivity index (χ1) is 13.7. The van der Waals surface area contributed by atoms with Gasteiger partial charge in [-0.3, -0.25) is 9.78 Å². The summed E-state index contributed by atoms with van der Waals surface area (Å²) in [7, 11) is 0. The number of nitrogens with zero attached hydrogens (tertiary/aromatic N) is 1. The Kier molecular flexibility index (Phi) is 5.30. The first kappa shape index (κ1) is 18.1. The average Bonchev–Trinajstić information content (AvgIpc) is 3.17. The molecule has 1 aliphatic heterocycles. The van der Waals surface area contributed by atoms with Crippen molar-refractivity contribution in [3.8, 4) is 11.5 Å². The van der Waals surface area contributed by atoms with E-state index >= 15 is 0 Å². The molecule has 6 nitrogen and oxygen atoms in total. The number of amides is 1. The summed E-state index contributed by atoms with van der Waals surface area (Å²) in [5.74, 6) is 1.24. The molecule has 0 radical (unpaired) electrons. The molecular formula is C21H18ClN3O3. The van der Waals surface area contributed by atoms with Gasteiger partial charge in [0, 0.05) is 29.5 Å². The highest BCUT2D eigenvalue weighted by molar-refractivity contribution is 6.30. The minimum Gasteiger partial charge on any atom is -0.454 e. The Morgan fingerprint density at radius 1 is 1.00 bits per heavy atom. The van der Waals surface area contributed by atoms with Crippen LogP contribution in [0.1, 0.15) is 15.9 Å². The van der Waals surface area contributed by atoms with Crippen molar-refractivity contribution in [3.05, 3.63) is 77.1 Å². The van der Waals surface area contributed by atoms with Gasteiger partial charge in [-0.2, -0.15) is 0 Å². The average molecular weight is 396 g/mol. The second-order valence-corrected chi connectivity index (χ2v) is 6.72. The number of hydrogen-bond acceptors (Lipinski definition) is 5. The van der Waals surface area contributed by atoms with Gasteiger partial charge in [-0.15, -0.1) is 0 Å². The molecule has 1 amide bonds. The van der Waals surface area contributed by atoms with Gasteiger partial charge >= 0.3 is 0 Å². The maximum Gasteiger partial charge on any atom is 0.252 e. The lowest BCUT2D eigenvalue weighted by atomic mass is 10.1. The van der Waals surface area contributed by atoms with Gasteiger partial charge in [-0.1, -0.05) is 23.7 Å². The molecule has 0 saturated heterocycles. The number of halogens is 1. The monoisotopic (exact) mass is 395 g/mol. The zero-order valence-corrected chi connectivity index (χ0v) is 15.7. The number of ether oxygens (including phenoxy) is 2. The summed E-state index contributed by atoms with van der Waals surface area (Å²) in [5.41, 5.74) is 3.14. The summed E-state index contributed by atoms with van der Waals surface area (Å²) in [4.78, 5) is 16.6. The van der Waals surface area contributed by atoms with Crippen molar-refractivity contribution in [1.29, 1.82) is 0 Å². The molecule has 0 fully saturated rings. The molecule has 0 spiro atoms. The van der Waals surface area contributed by atoms with Crippen molar-refractivity contribution in [1.82, 2.24) is 10.3 Å². The van der Waals surface area contributed by atoms with E-state index in [1.807, 2.05) is 42.5 Å². The van der Waals surface area contributed by atoms with Crippen LogP contribution < -0.4 is 20.1 Å². The number of pyridine rings is 1. The van der Waals surface area contributed by atoms with Crippen LogP contribution in [0, 0.1) is 0 Å². The Morgan fingerprint density at radius 3 is 2.68 bits per heavy atom. The maximum atomic E-state index is 12.4. The van der Waals surface area contributed by atoms with Crippen LogP contribution in [0.15, 0.2) is 60.9 Å². The van der Waals surface area contributed by atoms with Crippen LogP contribution in [0.25, 0.3) is 0 Å². The van der Waals surface area contributed by atoms with E-state index in [2.05, 4.69) is 15.6 Å². The van der Waals surface area contributed by atoms with Crippen LogP contribution in [0.4, 0.5) is 11.4 Å². The fourth-order valence-electron chi connectivity index (χ4n) is 2.85. The summed E-state index contributed by atoms with van der Waals surface area (Å²) in [6.07, 6.45) is 3.93. The normalized spacial score (nSPS) is 11.9. The van der Waals surface area contributed by atoms with E-state index in [4.69, 9.17) is 21.1 Å². The number of aromatic nitrogens is 1. The van der Waals surface area contributed by atoms with Gasteiger partial charge in [-0.05, 0) is 42.3 Å². The van der Waals surface area contributed by atoms with Gasteiger partial charge in [0.15, 0.2) is 11.5 Å². The number of rotatable bonds is 6. The van der Waals surface area contributed by atoms with Crippen molar-refractivity contribution in [3.63, 3.8) is 0 Å². The SMILES string of the molecule is O=C(NCCc1ccc(Cl)cc1)c1cncc(Nc2ccc3c(c2)OCO3)c1. The summed E-state index contributed by atoms with van der Waals surface area (Å²) in [5, 5.41) is 6.84. The van der Waals surface area contributed by atoms with E-state index in [9.17, 15) is 4.79 Å². The van der Waals surface area contributed by atoms with Gasteiger partial charge in [0.25, 0.3) is 5.91 Å². The highest BCUT2D eigenvalue weighted by Gasteiger charge is 2.13. The van der Waals surface area contributed by atoms with E-state index < -0.39 is 0 Å². The molecule has 1 aromatic heterocycles. The largest absolute Gasteiger partial charge is 0.454 e. The summed E-state index contributed by atoms with van der Waals surface area (Å²) < 4.78 is 10.7. The molecular weight excluding hydrogens is 378 g/mol. The number of anilines is 2. The smallest absolute Gasteiger partial charge is 0.252 e. The molecule has 7 heteroatoms. The number of fused-ring (bicyclic) bond motifs is 1. The Labute approximate surface area is 167 Å². The van der Waals surface area contributed by atoms with Crippen molar-refractivity contribution >= 4 is 28.9 Å². The number of nitrogens with one attached hydrogen (secondary N) is 2. The zero-order chi connectivity index (χ0) is 19.3. The first-order valence-electron chi connectivity index (χ1n) is 8.82. The number of carbonyl (C=O) groups is 1. The second-order valence-electron chi connectivity index (χ2n) is 6.29. The third-order valence-electron chi connectivity index (χ3n) is 4.27. The van der Waals surface area contributed by atoms with Crippen molar-refractivity contribution < 1.29 is 14.3 Å². The molecule has 0 unspecified atom stereocenters. The molecule has 0 atom stereocenters. The third-order valence-corrected chi connectivity index (χ3v) is 4.53. The molecule has 142 valence electrons. The van der Waals surface area contributed by atoms with Crippen LogP contribution in [0.5, 0.6) is 11.5 Å². The zero-order valence-electron chi connectivity index (χ0n) is 14.9. The predicted octanol–water partition coefficient (Wildman–Crippen LogP) is 4.18. The minimum absolute atomic E-state index is 0.171. The minimum atomic E-state index is -0.171. The standard InChI is InChI=1S/C21H18ClN3O3/c22-16-3-1-14(2-4-16)7-8-24-21(26)15-9-18(12-23-11-15)25-17-5-6-19-20(10-17)28-13-27-19/h1-6,9-12,25H,7-8,13H2,(H,24,26). The molecule has 28 heavy (non-hydrogen) atoms. The van der Waals surface area contributed by atoms with Gasteiger partial charge < -0.3 is 20.1 Å². The summed E-state index contributed by atoms with van der Waals surface area (Å²) in [6.45, 7) is 0.756. The molecule has 2 N–H and O–H groups in total. The molecule has 0 saturated carbocycles. The maximum absolute atomic E-state index is 12.4. The van der Waals surface area contributed by atoms with E-state index in [1.54, 1.807) is 18.5 Å². The third kappa shape index (κ3) is 4.35. The first-order valence-corrected chi connectivity index (χ1v) is 9.19. The molecule has 4 rings (SSSR count). The van der Waals surface area contributed by atoms with Crippen molar-refractivity contribution in [2.75, 3.05) is 18.7 Å². The summed E-state index contributed by atoms with van der Waals surface area (Å²) >= 11 is 5.88. The molecule has 0 aliphatic carbocycles. The lowest BCUT2D eigenvalue weighted by molar-refractivity contribution is 0.0954. The van der Waals surface area contributed by atoms with Crippen molar-refractivity contribution in [2.45, 2.75) is 6.42 Å². The van der Waals surface area contributed by atoms with Crippen LogP contribution in [0.2, 0.25) is 5.02 Å². The van der Waals surface area contributed by atoms with Crippen molar-refractivity contribution in [2.24, 2.45) is 0 Å². The van der Waals surface area contributed by atoms with Gasteiger partial charge in [-0.25, -0.2) is 0 Å². The van der Waals surface area contributed by atoms with Gasteiger partial charge in [0.1, 0.15) is 0 Å². The van der Waals surface area contributed by atoms with Crippen LogP contribution in [-0.2, 0) is 6.42 Å². The van der Waals surface area contributed by atoms with E-state index in [0.717, 1.165) is 23.4 Å². The molecule has 2 aromatic carbocycles. The molecule has 2 heterocycles. The van der Waals surface area contributed by atoms with Crippen LogP contribution in [-0.4, -0.2) is 24.2 Å². The number of hydrogen-bond donors (Lipinski definition) is 2. The Hall–Kier alpha value is -3.25. The van der Waals surface area contributed by atoms with Gasteiger partial charge in [0.05, 0.1) is 17.4 Å². The van der Waals surface area contributed by atoms with Gasteiger partial charge in [0.2, 0.25) is 6.79 Å². The molecule has 1 aliphatic rings. The fourth-order valence-corrected chi connectivity index (χ4v) is 2.97. The fraction of sp³-hybridized carbons (Fsp3) is 0.143. The van der Waals surface area contributed by atoms with E-state index in [0.29, 0.717) is 28.6 Å². The highest BCUT2D eigenvalue weighted by Crippen LogP contribution is 2.35. The number of carbonyl (C=O) groups excluding carboxylic acids is 1. The Morgan fingerprint density at radius 2 is 1.82 bits per heavy atom. The second kappa shape index (κ2) is 8.19. The Bertz CT molecular complexity index is 992. The highest BCUT2D eigenvalue weighted by atomic mass is 35.5. The lowest BCUT2D eigenvalue weighted by Crippen LogP contribution is -2.25. The van der Waals surface area contributed by atoms with Crippen LogP contribution >= 0.6 is 11.6 Å². The molecule has 3 aromatic rings. The predicted molar refractivity (Wildman–Crippen MR) is 108 cm³/mol. The topological polar surface area (TPSA) is 72.5 Å². The lowest BCUT2D eigenvalue weighted by Gasteiger charge is -2.09. The number of benzene rings is 2. The molecule has 0 bridgehead atoms. The van der Waals surface area contributed by atoms with Crippen LogP contribution in [0.3, 0.4) is 0 Å². The Balaban J connectivity index is 1.36. The quantitative estimate of drug-likeness (QED) is 0.655. The van der Waals surface area contributed by atoms with E-state index in [1.165, 1.54) is 0 Å².